The number of anilines is 1. The Bertz CT molecular complexity index is 962. The summed E-state index contributed by atoms with van der Waals surface area (Å²) in [6.07, 6.45) is 0. The number of amides is 1. The summed E-state index contributed by atoms with van der Waals surface area (Å²) < 4.78 is 32.5. The van der Waals surface area contributed by atoms with Crippen LogP contribution in [0.1, 0.15) is 23.8 Å². The van der Waals surface area contributed by atoms with E-state index in [1.807, 2.05) is 24.0 Å². The molecular formula is C19H26N4O4S. The fraction of sp³-hybridized carbons (Fsp3) is 0.474. The highest BCUT2D eigenvalue weighted by Crippen LogP contribution is 2.23. The van der Waals surface area contributed by atoms with Crippen molar-refractivity contribution in [2.24, 2.45) is 0 Å². The Morgan fingerprint density at radius 1 is 1.14 bits per heavy atom. The first-order chi connectivity index (χ1) is 13.2. The topological polar surface area (TPSA) is 95.8 Å². The Hall–Kier alpha value is -2.23. The molecule has 0 radical (unpaired) electrons. The molecule has 28 heavy (non-hydrogen) atoms. The van der Waals surface area contributed by atoms with Gasteiger partial charge < -0.3 is 9.84 Å². The number of carbonyl (C=O) groups excluding carboxylic acids is 1. The van der Waals surface area contributed by atoms with Crippen LogP contribution in [0.3, 0.4) is 0 Å². The van der Waals surface area contributed by atoms with Crippen molar-refractivity contribution in [1.29, 1.82) is 0 Å². The minimum Gasteiger partial charge on any atom is -0.360 e. The summed E-state index contributed by atoms with van der Waals surface area (Å²) in [5.41, 5.74) is 1.65. The van der Waals surface area contributed by atoms with Gasteiger partial charge in [-0.1, -0.05) is 17.3 Å². The lowest BCUT2D eigenvalue weighted by Gasteiger charge is -2.36. The van der Waals surface area contributed by atoms with Gasteiger partial charge in [-0.2, -0.15) is 4.31 Å². The zero-order chi connectivity index (χ0) is 20.5. The number of piperazine rings is 1. The molecule has 1 N–H and O–H groups in total. The highest BCUT2D eigenvalue weighted by Gasteiger charge is 2.32. The lowest BCUT2D eigenvalue weighted by Crippen LogP contribution is -2.54. The van der Waals surface area contributed by atoms with Gasteiger partial charge in [0.15, 0.2) is 5.82 Å². The second-order valence-electron chi connectivity index (χ2n) is 7.20. The first kappa shape index (κ1) is 20.5. The van der Waals surface area contributed by atoms with Crippen LogP contribution in [0.2, 0.25) is 0 Å². The maximum atomic E-state index is 13.0. The van der Waals surface area contributed by atoms with E-state index in [9.17, 15) is 13.2 Å². The Labute approximate surface area is 165 Å². The molecule has 1 aliphatic rings. The van der Waals surface area contributed by atoms with Crippen molar-refractivity contribution in [3.63, 3.8) is 0 Å². The van der Waals surface area contributed by atoms with E-state index in [1.165, 1.54) is 4.31 Å². The maximum Gasteiger partial charge on any atom is 0.243 e. The maximum absolute atomic E-state index is 13.0. The highest BCUT2D eigenvalue weighted by molar-refractivity contribution is 7.89. The second-order valence-corrected chi connectivity index (χ2v) is 9.10. The fourth-order valence-corrected chi connectivity index (χ4v) is 5.01. The quantitative estimate of drug-likeness (QED) is 0.815. The van der Waals surface area contributed by atoms with Crippen LogP contribution in [0.4, 0.5) is 5.82 Å². The molecule has 3 rings (SSSR count). The van der Waals surface area contributed by atoms with Crippen LogP contribution < -0.4 is 5.32 Å². The van der Waals surface area contributed by atoms with E-state index in [2.05, 4.69) is 10.5 Å². The number of hydrogen-bond donors (Lipinski definition) is 1. The van der Waals surface area contributed by atoms with Crippen LogP contribution in [0, 0.1) is 20.8 Å². The van der Waals surface area contributed by atoms with E-state index in [4.69, 9.17) is 4.52 Å². The summed E-state index contributed by atoms with van der Waals surface area (Å²) in [5, 5.41) is 6.49. The third-order valence-corrected chi connectivity index (χ3v) is 7.08. The van der Waals surface area contributed by atoms with Crippen molar-refractivity contribution in [3.8, 4) is 0 Å². The molecule has 0 bridgehead atoms. The van der Waals surface area contributed by atoms with Gasteiger partial charge in [0.2, 0.25) is 15.9 Å². The number of nitrogens with one attached hydrogen (secondary N) is 1. The van der Waals surface area contributed by atoms with Gasteiger partial charge in [-0.15, -0.1) is 0 Å². The SMILES string of the molecule is Cc1ccc(C)c(S(=O)(=O)N2CCN([C@@H](C)C(=O)Nc3cc(C)on3)CC2)c1. The number of carbonyl (C=O) groups is 1. The van der Waals surface area contributed by atoms with Gasteiger partial charge in [0.1, 0.15) is 5.76 Å². The Kier molecular flexibility index (Phi) is 5.87. The van der Waals surface area contributed by atoms with Gasteiger partial charge in [0.25, 0.3) is 0 Å². The molecule has 0 saturated carbocycles. The summed E-state index contributed by atoms with van der Waals surface area (Å²) in [4.78, 5) is 14.8. The minimum atomic E-state index is -3.55. The van der Waals surface area contributed by atoms with Gasteiger partial charge in [0, 0.05) is 32.2 Å². The summed E-state index contributed by atoms with van der Waals surface area (Å²) in [6.45, 7) is 8.90. The van der Waals surface area contributed by atoms with Crippen LogP contribution in [0.25, 0.3) is 0 Å². The van der Waals surface area contributed by atoms with Crippen molar-refractivity contribution < 1.29 is 17.7 Å². The highest BCUT2D eigenvalue weighted by atomic mass is 32.2. The van der Waals surface area contributed by atoms with Gasteiger partial charge in [-0.3, -0.25) is 9.69 Å². The molecule has 1 aliphatic heterocycles. The second kappa shape index (κ2) is 8.02. The Morgan fingerprint density at radius 3 is 2.43 bits per heavy atom. The van der Waals surface area contributed by atoms with Crippen LogP contribution in [0.15, 0.2) is 33.7 Å². The molecule has 0 spiro atoms. The largest absolute Gasteiger partial charge is 0.360 e. The van der Waals surface area contributed by atoms with Crippen LogP contribution in [-0.2, 0) is 14.8 Å². The number of benzene rings is 1. The summed E-state index contributed by atoms with van der Waals surface area (Å²) in [6, 6.07) is 6.70. The average molecular weight is 407 g/mol. The average Bonchev–Trinajstić information content (AvgIpc) is 3.07. The number of hydrogen-bond acceptors (Lipinski definition) is 6. The van der Waals surface area contributed by atoms with Crippen LogP contribution in [0.5, 0.6) is 0 Å². The van der Waals surface area contributed by atoms with Gasteiger partial charge in [0.05, 0.1) is 10.9 Å². The molecule has 2 aromatic rings. The number of aryl methyl sites for hydroxylation is 3. The minimum absolute atomic E-state index is 0.195. The molecule has 1 aromatic heterocycles. The Balaban J connectivity index is 1.63. The van der Waals surface area contributed by atoms with Crippen molar-refractivity contribution in [2.45, 2.75) is 38.6 Å². The molecule has 1 amide bonds. The summed E-state index contributed by atoms with van der Waals surface area (Å²) >= 11 is 0. The van der Waals surface area contributed by atoms with Crippen LogP contribution in [-0.4, -0.2) is 60.9 Å². The van der Waals surface area contributed by atoms with E-state index >= 15 is 0 Å². The van der Waals surface area contributed by atoms with E-state index in [-0.39, 0.29) is 5.91 Å². The lowest BCUT2D eigenvalue weighted by molar-refractivity contribution is -0.121. The van der Waals surface area contributed by atoms with Crippen molar-refractivity contribution in [1.82, 2.24) is 14.4 Å². The molecule has 0 unspecified atom stereocenters. The third-order valence-electron chi connectivity index (χ3n) is 5.04. The zero-order valence-electron chi connectivity index (χ0n) is 16.6. The molecule has 2 heterocycles. The predicted octanol–water partition coefficient (Wildman–Crippen LogP) is 1.93. The molecule has 1 atom stereocenters. The molecule has 9 heteroatoms. The van der Waals surface area contributed by atoms with Crippen molar-refractivity contribution in [3.05, 3.63) is 41.2 Å². The van der Waals surface area contributed by atoms with Gasteiger partial charge in [-0.05, 0) is 44.9 Å². The van der Waals surface area contributed by atoms with Crippen LogP contribution >= 0.6 is 0 Å². The molecule has 8 nitrogen and oxygen atoms in total. The molecule has 1 saturated heterocycles. The fourth-order valence-electron chi connectivity index (χ4n) is 3.28. The van der Waals surface area contributed by atoms with Crippen molar-refractivity contribution in [2.75, 3.05) is 31.5 Å². The molecule has 0 aliphatic carbocycles. The number of aromatic nitrogens is 1. The number of sulfonamides is 1. The zero-order valence-corrected chi connectivity index (χ0v) is 17.4. The first-order valence-corrected chi connectivity index (χ1v) is 10.7. The lowest BCUT2D eigenvalue weighted by atomic mass is 10.2. The molecule has 152 valence electrons. The van der Waals surface area contributed by atoms with E-state index in [1.54, 1.807) is 32.9 Å². The summed E-state index contributed by atoms with van der Waals surface area (Å²) in [5.74, 6) is 0.804. The molecule has 1 fully saturated rings. The predicted molar refractivity (Wildman–Crippen MR) is 106 cm³/mol. The third kappa shape index (κ3) is 4.26. The van der Waals surface area contributed by atoms with Crippen molar-refractivity contribution >= 4 is 21.7 Å². The monoisotopic (exact) mass is 406 g/mol. The molecule has 1 aromatic carbocycles. The summed E-state index contributed by atoms with van der Waals surface area (Å²) in [7, 11) is -3.55. The number of rotatable bonds is 5. The molecular weight excluding hydrogens is 380 g/mol. The van der Waals surface area contributed by atoms with Gasteiger partial charge in [-0.25, -0.2) is 8.42 Å². The normalized spacial score (nSPS) is 17.4. The Morgan fingerprint density at radius 2 is 1.82 bits per heavy atom. The van der Waals surface area contributed by atoms with E-state index in [0.29, 0.717) is 42.7 Å². The van der Waals surface area contributed by atoms with E-state index in [0.717, 1.165) is 11.1 Å². The smallest absolute Gasteiger partial charge is 0.243 e. The number of nitrogens with zero attached hydrogens (tertiary/aromatic N) is 3. The standard InChI is InChI=1S/C19H26N4O4S/c1-13-5-6-14(2)17(11-13)28(25,26)23-9-7-22(8-10-23)16(4)19(24)20-18-12-15(3)27-21-18/h5-6,11-12,16H,7-10H2,1-4H3,(H,20,21,24)/t16-/m0/s1. The van der Waals surface area contributed by atoms with Gasteiger partial charge >= 0.3 is 0 Å². The first-order valence-electron chi connectivity index (χ1n) is 9.24. The van der Waals surface area contributed by atoms with E-state index < -0.39 is 16.1 Å².